The minimum absolute atomic E-state index is 0.0396. The maximum absolute atomic E-state index is 12.4. The van der Waals surface area contributed by atoms with Gasteiger partial charge in [0.15, 0.2) is 0 Å². The van der Waals surface area contributed by atoms with Crippen LogP contribution in [0.1, 0.15) is 24.5 Å². The van der Waals surface area contributed by atoms with E-state index >= 15 is 0 Å². The molecule has 108 valence electrons. The van der Waals surface area contributed by atoms with Crippen LogP contribution >= 0.6 is 0 Å². The van der Waals surface area contributed by atoms with Gasteiger partial charge < -0.3 is 10.6 Å². The number of benzene rings is 2. The van der Waals surface area contributed by atoms with Gasteiger partial charge in [-0.3, -0.25) is 4.79 Å². The van der Waals surface area contributed by atoms with Crippen LogP contribution in [0.15, 0.2) is 48.5 Å². The highest BCUT2D eigenvalue weighted by atomic mass is 16.2. The van der Waals surface area contributed by atoms with E-state index in [9.17, 15) is 4.79 Å². The number of anilines is 2. The topological polar surface area (TPSA) is 41.1 Å². The summed E-state index contributed by atoms with van der Waals surface area (Å²) < 4.78 is 0. The summed E-state index contributed by atoms with van der Waals surface area (Å²) in [5.74, 6) is 0.0396. The molecule has 21 heavy (non-hydrogen) atoms. The van der Waals surface area contributed by atoms with Crippen LogP contribution in [0.5, 0.6) is 0 Å². The molecule has 3 heteroatoms. The number of hydrogen-bond acceptors (Lipinski definition) is 2. The summed E-state index contributed by atoms with van der Waals surface area (Å²) in [6.45, 7) is 2.11. The number of nitrogens with one attached hydrogen (secondary N) is 2. The molecule has 1 amide bonds. The summed E-state index contributed by atoms with van der Waals surface area (Å²) in [6.07, 6.45) is 2.74. The Hall–Kier alpha value is -2.29. The maximum atomic E-state index is 12.4. The van der Waals surface area contributed by atoms with Crippen molar-refractivity contribution in [1.29, 1.82) is 0 Å². The third-order valence-corrected chi connectivity index (χ3v) is 3.97. The molecule has 0 fully saturated rings. The van der Waals surface area contributed by atoms with Gasteiger partial charge in [-0.15, -0.1) is 0 Å². The molecule has 3 rings (SSSR count). The molecule has 0 bridgehead atoms. The average molecular weight is 280 g/mol. The third kappa shape index (κ3) is 3.07. The van der Waals surface area contributed by atoms with Gasteiger partial charge in [-0.25, -0.2) is 0 Å². The summed E-state index contributed by atoms with van der Waals surface area (Å²) in [5, 5.41) is 6.35. The first-order valence-corrected chi connectivity index (χ1v) is 7.50. The molecule has 0 radical (unpaired) electrons. The van der Waals surface area contributed by atoms with E-state index in [4.69, 9.17) is 0 Å². The molecule has 1 aliphatic rings. The molecular weight excluding hydrogens is 260 g/mol. The van der Waals surface area contributed by atoms with Gasteiger partial charge in [-0.05, 0) is 48.6 Å². The number of carbonyl (C=O) groups excluding carboxylic acids is 1. The van der Waals surface area contributed by atoms with Gasteiger partial charge in [0.25, 0.3) is 0 Å². The molecule has 0 saturated carbocycles. The van der Waals surface area contributed by atoms with Crippen LogP contribution < -0.4 is 10.6 Å². The second kappa shape index (κ2) is 6.00. The number of rotatable bonds is 3. The van der Waals surface area contributed by atoms with Crippen LogP contribution in [0, 0.1) is 0 Å². The highest BCUT2D eigenvalue weighted by Gasteiger charge is 2.23. The van der Waals surface area contributed by atoms with E-state index in [1.54, 1.807) is 0 Å². The smallest absolute Gasteiger partial charge is 0.246 e. The molecule has 1 heterocycles. The van der Waals surface area contributed by atoms with Crippen LogP contribution in [0.3, 0.4) is 0 Å². The van der Waals surface area contributed by atoms with Crippen molar-refractivity contribution >= 4 is 17.3 Å². The standard InChI is InChI=1S/C18H20N2O/c1-2-13-6-5-8-15(12-13)19-18(21)17-11-10-14-7-3-4-9-16(14)20-17/h3-9,12,17,20H,2,10-11H2,1H3,(H,19,21). The minimum Gasteiger partial charge on any atom is -0.373 e. The molecular formula is C18H20N2O. The Kier molecular flexibility index (Phi) is 3.91. The minimum atomic E-state index is -0.162. The molecule has 0 spiro atoms. The van der Waals surface area contributed by atoms with Crippen molar-refractivity contribution in [2.24, 2.45) is 0 Å². The van der Waals surface area contributed by atoms with Gasteiger partial charge in [0.2, 0.25) is 5.91 Å². The zero-order chi connectivity index (χ0) is 14.7. The van der Waals surface area contributed by atoms with Gasteiger partial charge in [-0.2, -0.15) is 0 Å². The first-order chi connectivity index (χ1) is 10.3. The number of aryl methyl sites for hydroxylation is 2. The van der Waals surface area contributed by atoms with Crippen LogP contribution in [0.4, 0.5) is 11.4 Å². The van der Waals surface area contributed by atoms with Crippen molar-refractivity contribution in [1.82, 2.24) is 0 Å². The van der Waals surface area contributed by atoms with Crippen molar-refractivity contribution in [3.8, 4) is 0 Å². The third-order valence-electron chi connectivity index (χ3n) is 3.97. The number of carbonyl (C=O) groups is 1. The van der Waals surface area contributed by atoms with Crippen molar-refractivity contribution in [3.05, 3.63) is 59.7 Å². The number of amides is 1. The van der Waals surface area contributed by atoms with Crippen molar-refractivity contribution in [2.45, 2.75) is 32.2 Å². The average Bonchev–Trinajstić information content (AvgIpc) is 2.54. The van der Waals surface area contributed by atoms with E-state index in [-0.39, 0.29) is 11.9 Å². The molecule has 0 aliphatic carbocycles. The van der Waals surface area contributed by atoms with Gasteiger partial charge in [0.05, 0.1) is 0 Å². The van der Waals surface area contributed by atoms with Gasteiger partial charge in [0.1, 0.15) is 6.04 Å². The summed E-state index contributed by atoms with van der Waals surface area (Å²) in [5.41, 5.74) is 4.47. The van der Waals surface area contributed by atoms with Crippen LogP contribution in [-0.2, 0) is 17.6 Å². The number of para-hydroxylation sites is 1. The summed E-state index contributed by atoms with van der Waals surface area (Å²) in [4.78, 5) is 12.4. The van der Waals surface area contributed by atoms with Crippen LogP contribution in [-0.4, -0.2) is 11.9 Å². The predicted octanol–water partition coefficient (Wildman–Crippen LogP) is 3.61. The van der Waals surface area contributed by atoms with E-state index in [0.717, 1.165) is 30.6 Å². The van der Waals surface area contributed by atoms with E-state index in [0.29, 0.717) is 0 Å². The molecule has 2 aromatic rings. The first kappa shape index (κ1) is 13.7. The second-order valence-electron chi connectivity index (χ2n) is 5.44. The fourth-order valence-electron chi connectivity index (χ4n) is 2.73. The lowest BCUT2D eigenvalue weighted by molar-refractivity contribution is -0.117. The molecule has 2 aromatic carbocycles. The summed E-state index contributed by atoms with van der Waals surface area (Å²) in [7, 11) is 0. The Labute approximate surface area is 125 Å². The normalized spacial score (nSPS) is 16.7. The Morgan fingerprint density at radius 1 is 1.24 bits per heavy atom. The van der Waals surface area contributed by atoms with Gasteiger partial charge in [-0.1, -0.05) is 37.3 Å². The predicted molar refractivity (Wildman–Crippen MR) is 86.6 cm³/mol. The van der Waals surface area contributed by atoms with Crippen molar-refractivity contribution in [2.75, 3.05) is 10.6 Å². The molecule has 3 nitrogen and oxygen atoms in total. The second-order valence-corrected chi connectivity index (χ2v) is 5.44. The summed E-state index contributed by atoms with van der Waals surface area (Å²) in [6, 6.07) is 16.1. The summed E-state index contributed by atoms with van der Waals surface area (Å²) >= 11 is 0. The zero-order valence-corrected chi connectivity index (χ0v) is 12.2. The van der Waals surface area contributed by atoms with Gasteiger partial charge in [0, 0.05) is 11.4 Å². The lowest BCUT2D eigenvalue weighted by Gasteiger charge is -2.26. The molecule has 1 aliphatic heterocycles. The monoisotopic (exact) mass is 280 g/mol. The number of fused-ring (bicyclic) bond motifs is 1. The maximum Gasteiger partial charge on any atom is 0.246 e. The molecule has 1 unspecified atom stereocenters. The van der Waals surface area contributed by atoms with Crippen molar-refractivity contribution < 1.29 is 4.79 Å². The fourth-order valence-corrected chi connectivity index (χ4v) is 2.73. The zero-order valence-electron chi connectivity index (χ0n) is 12.2. The molecule has 2 N–H and O–H groups in total. The van der Waals surface area contributed by atoms with Gasteiger partial charge >= 0.3 is 0 Å². The van der Waals surface area contributed by atoms with E-state index in [2.05, 4.69) is 29.7 Å². The van der Waals surface area contributed by atoms with Crippen LogP contribution in [0.2, 0.25) is 0 Å². The highest BCUT2D eigenvalue weighted by molar-refractivity contribution is 5.97. The largest absolute Gasteiger partial charge is 0.373 e. The Morgan fingerprint density at radius 2 is 2.10 bits per heavy atom. The van der Waals surface area contributed by atoms with Crippen molar-refractivity contribution in [3.63, 3.8) is 0 Å². The van der Waals surface area contributed by atoms with E-state index < -0.39 is 0 Å². The Balaban J connectivity index is 1.69. The van der Waals surface area contributed by atoms with E-state index in [1.807, 2.05) is 36.4 Å². The first-order valence-electron chi connectivity index (χ1n) is 7.50. The fraction of sp³-hybridized carbons (Fsp3) is 0.278. The number of hydrogen-bond donors (Lipinski definition) is 2. The molecule has 0 aromatic heterocycles. The quantitative estimate of drug-likeness (QED) is 0.901. The SMILES string of the molecule is CCc1cccc(NC(=O)C2CCc3ccccc3N2)c1. The molecule has 1 atom stereocenters. The Morgan fingerprint density at radius 3 is 2.95 bits per heavy atom. The molecule has 0 saturated heterocycles. The van der Waals surface area contributed by atoms with Crippen LogP contribution in [0.25, 0.3) is 0 Å². The lowest BCUT2D eigenvalue weighted by Crippen LogP contribution is -2.37. The Bertz CT molecular complexity index is 651. The highest BCUT2D eigenvalue weighted by Crippen LogP contribution is 2.25. The lowest BCUT2D eigenvalue weighted by atomic mass is 9.97. The van der Waals surface area contributed by atoms with E-state index in [1.165, 1.54) is 11.1 Å².